The monoisotopic (exact) mass is 302 g/mol. The highest BCUT2D eigenvalue weighted by Crippen LogP contribution is 2.33. The first-order valence-corrected chi connectivity index (χ1v) is 7.05. The molecule has 0 fully saturated rings. The molecule has 1 heterocycles. The zero-order chi connectivity index (χ0) is 16.4. The molecule has 23 heavy (non-hydrogen) atoms. The molecular weight excluding hydrogens is 288 g/mol. The second kappa shape index (κ2) is 5.82. The van der Waals surface area contributed by atoms with Gasteiger partial charge in [0.15, 0.2) is 0 Å². The number of carboxylic acids is 1. The van der Waals surface area contributed by atoms with Crippen LogP contribution in [0.1, 0.15) is 22.8 Å². The van der Waals surface area contributed by atoms with Crippen LogP contribution < -0.4 is 5.73 Å². The number of fused-ring (bicyclic) bond motifs is 1. The average Bonchev–Trinajstić information content (AvgIpc) is 2.56. The molecule has 0 aliphatic heterocycles. The molecule has 4 heteroatoms. The first-order chi connectivity index (χ1) is 11.1. The van der Waals surface area contributed by atoms with Gasteiger partial charge in [-0.3, -0.25) is 4.98 Å². The lowest BCUT2D eigenvalue weighted by Gasteiger charge is -2.11. The summed E-state index contributed by atoms with van der Waals surface area (Å²) in [6.45, 7) is 1.77. The van der Waals surface area contributed by atoms with Crippen molar-refractivity contribution in [2.45, 2.75) is 6.92 Å². The van der Waals surface area contributed by atoms with E-state index in [0.29, 0.717) is 11.2 Å². The Kier molecular flexibility index (Phi) is 3.70. The lowest BCUT2D eigenvalue weighted by atomic mass is 9.95. The lowest BCUT2D eigenvalue weighted by Crippen LogP contribution is -2.00. The zero-order valence-corrected chi connectivity index (χ0v) is 12.5. The maximum absolute atomic E-state index is 11.4. The normalized spacial score (nSPS) is 10.1. The summed E-state index contributed by atoms with van der Waals surface area (Å²) < 4.78 is 0. The molecule has 112 valence electrons. The van der Waals surface area contributed by atoms with Gasteiger partial charge in [0.05, 0.1) is 11.1 Å². The third kappa shape index (κ3) is 2.60. The summed E-state index contributed by atoms with van der Waals surface area (Å²) in [6, 6.07) is 12.5. The molecule has 3 N–H and O–H groups in total. The number of carboxylic acid groups (broad SMARTS) is 1. The highest BCUT2D eigenvalue weighted by molar-refractivity contribution is 6.07. The van der Waals surface area contributed by atoms with Crippen molar-refractivity contribution in [1.29, 1.82) is 0 Å². The van der Waals surface area contributed by atoms with Crippen LogP contribution in [0.15, 0.2) is 48.7 Å². The number of benzene rings is 2. The molecule has 4 nitrogen and oxygen atoms in total. The predicted molar refractivity (Wildman–Crippen MR) is 91.1 cm³/mol. The summed E-state index contributed by atoms with van der Waals surface area (Å²) in [5, 5.41) is 10.1. The van der Waals surface area contributed by atoms with E-state index < -0.39 is 5.97 Å². The molecule has 0 atom stereocenters. The number of nitrogen functional groups attached to an aromatic ring is 1. The van der Waals surface area contributed by atoms with Gasteiger partial charge in [0.25, 0.3) is 0 Å². The van der Waals surface area contributed by atoms with E-state index in [2.05, 4.69) is 16.8 Å². The Balaban J connectivity index is 2.33. The van der Waals surface area contributed by atoms with Crippen LogP contribution in [0.2, 0.25) is 0 Å². The highest BCUT2D eigenvalue weighted by Gasteiger charge is 2.14. The summed E-state index contributed by atoms with van der Waals surface area (Å²) >= 11 is 0. The van der Waals surface area contributed by atoms with Crippen molar-refractivity contribution >= 4 is 22.6 Å². The average molecular weight is 302 g/mol. The van der Waals surface area contributed by atoms with E-state index in [0.717, 1.165) is 22.1 Å². The van der Waals surface area contributed by atoms with Crippen LogP contribution in [-0.2, 0) is 0 Å². The largest absolute Gasteiger partial charge is 0.478 e. The van der Waals surface area contributed by atoms with Gasteiger partial charge in [-0.2, -0.15) is 0 Å². The van der Waals surface area contributed by atoms with Gasteiger partial charge in [-0.25, -0.2) is 4.79 Å². The Morgan fingerprint density at radius 3 is 2.74 bits per heavy atom. The van der Waals surface area contributed by atoms with Crippen LogP contribution in [0.5, 0.6) is 0 Å². The van der Waals surface area contributed by atoms with Gasteiger partial charge in [0.1, 0.15) is 0 Å². The molecule has 0 aliphatic carbocycles. The molecule has 3 rings (SSSR count). The van der Waals surface area contributed by atoms with Crippen LogP contribution in [-0.4, -0.2) is 16.1 Å². The van der Waals surface area contributed by atoms with Crippen molar-refractivity contribution < 1.29 is 9.90 Å². The summed E-state index contributed by atoms with van der Waals surface area (Å²) in [6.07, 6.45) is 1.58. The molecule has 0 unspecified atom stereocenters. The second-order valence-corrected chi connectivity index (χ2v) is 5.04. The fourth-order valence-corrected chi connectivity index (χ4v) is 2.59. The van der Waals surface area contributed by atoms with E-state index >= 15 is 0 Å². The fourth-order valence-electron chi connectivity index (χ4n) is 2.59. The fraction of sp³-hybridized carbons (Fsp3) is 0.0526. The number of hydrogen-bond donors (Lipinski definition) is 2. The molecule has 0 spiro atoms. The van der Waals surface area contributed by atoms with E-state index in [9.17, 15) is 9.90 Å². The standard InChI is InChI=1S/C19H14N2O2/c1-2-4-12-6-9-17(20)16(11-12)13-7-8-15(19(22)23)18-14(13)5-3-10-21-18/h3,5-11H,20H2,1H3,(H,22,23). The summed E-state index contributed by atoms with van der Waals surface area (Å²) in [7, 11) is 0. The Bertz CT molecular complexity index is 982. The molecule has 0 bridgehead atoms. The zero-order valence-electron chi connectivity index (χ0n) is 12.5. The number of hydrogen-bond acceptors (Lipinski definition) is 3. The van der Waals surface area contributed by atoms with Gasteiger partial charge in [-0.15, -0.1) is 5.92 Å². The minimum Gasteiger partial charge on any atom is -0.478 e. The van der Waals surface area contributed by atoms with Crippen LogP contribution in [0.25, 0.3) is 22.0 Å². The van der Waals surface area contributed by atoms with Gasteiger partial charge in [-0.1, -0.05) is 18.1 Å². The number of rotatable bonds is 2. The number of anilines is 1. The Morgan fingerprint density at radius 2 is 2.00 bits per heavy atom. The Morgan fingerprint density at radius 1 is 1.17 bits per heavy atom. The van der Waals surface area contributed by atoms with Gasteiger partial charge in [0, 0.05) is 28.4 Å². The molecular formula is C19H14N2O2. The van der Waals surface area contributed by atoms with Crippen LogP contribution in [0.3, 0.4) is 0 Å². The SMILES string of the molecule is CC#Cc1ccc(N)c(-c2ccc(C(=O)O)c3ncccc23)c1. The van der Waals surface area contributed by atoms with Crippen molar-refractivity contribution in [3.63, 3.8) is 0 Å². The molecule has 1 aromatic heterocycles. The topological polar surface area (TPSA) is 76.2 Å². The number of pyridine rings is 1. The molecule has 0 saturated carbocycles. The van der Waals surface area contributed by atoms with Crippen molar-refractivity contribution in [3.05, 3.63) is 59.8 Å². The number of nitrogens with two attached hydrogens (primary N) is 1. The van der Waals surface area contributed by atoms with E-state index in [1.165, 1.54) is 0 Å². The lowest BCUT2D eigenvalue weighted by molar-refractivity contribution is 0.0699. The van der Waals surface area contributed by atoms with Crippen LogP contribution in [0.4, 0.5) is 5.69 Å². The molecule has 0 aliphatic rings. The van der Waals surface area contributed by atoms with E-state index in [-0.39, 0.29) is 5.56 Å². The van der Waals surface area contributed by atoms with E-state index in [4.69, 9.17) is 5.73 Å². The number of aromatic carboxylic acids is 1. The molecule has 0 saturated heterocycles. The quantitative estimate of drug-likeness (QED) is 0.560. The molecule has 0 amide bonds. The maximum atomic E-state index is 11.4. The smallest absolute Gasteiger partial charge is 0.337 e. The van der Waals surface area contributed by atoms with Crippen molar-refractivity contribution in [2.24, 2.45) is 0 Å². The third-order valence-electron chi connectivity index (χ3n) is 3.61. The Hall–Kier alpha value is -3.32. The minimum absolute atomic E-state index is 0.174. The van der Waals surface area contributed by atoms with Crippen molar-refractivity contribution in [2.75, 3.05) is 5.73 Å². The molecule has 3 aromatic rings. The maximum Gasteiger partial charge on any atom is 0.337 e. The van der Waals surface area contributed by atoms with Gasteiger partial charge >= 0.3 is 5.97 Å². The van der Waals surface area contributed by atoms with Gasteiger partial charge in [-0.05, 0) is 42.8 Å². The summed E-state index contributed by atoms with van der Waals surface area (Å²) in [5.41, 5.74) is 9.87. The summed E-state index contributed by atoms with van der Waals surface area (Å²) in [4.78, 5) is 15.6. The minimum atomic E-state index is -1.00. The van der Waals surface area contributed by atoms with Crippen molar-refractivity contribution in [3.8, 4) is 23.0 Å². The van der Waals surface area contributed by atoms with E-state index in [1.807, 2.05) is 24.3 Å². The van der Waals surface area contributed by atoms with Gasteiger partial charge < -0.3 is 10.8 Å². The van der Waals surface area contributed by atoms with Crippen LogP contribution in [0, 0.1) is 11.8 Å². The van der Waals surface area contributed by atoms with E-state index in [1.54, 1.807) is 31.3 Å². The van der Waals surface area contributed by atoms with Crippen molar-refractivity contribution in [1.82, 2.24) is 4.98 Å². The summed E-state index contributed by atoms with van der Waals surface area (Å²) in [5.74, 6) is 4.87. The first-order valence-electron chi connectivity index (χ1n) is 7.05. The number of nitrogens with zero attached hydrogens (tertiary/aromatic N) is 1. The van der Waals surface area contributed by atoms with Gasteiger partial charge in [0.2, 0.25) is 0 Å². The second-order valence-electron chi connectivity index (χ2n) is 5.04. The first kappa shape index (κ1) is 14.6. The molecule has 2 aromatic carbocycles. The number of carbonyl (C=O) groups is 1. The predicted octanol–water partition coefficient (Wildman–Crippen LogP) is 3.55. The Labute approximate surface area is 133 Å². The van der Waals surface area contributed by atoms with Crippen LogP contribution >= 0.6 is 0 Å². The highest BCUT2D eigenvalue weighted by atomic mass is 16.4. The number of aromatic nitrogens is 1. The molecule has 0 radical (unpaired) electrons. The third-order valence-corrected chi connectivity index (χ3v) is 3.61.